The fraction of sp³-hybridized carbons (Fsp3) is 0.409. The van der Waals surface area contributed by atoms with Gasteiger partial charge in [-0.15, -0.1) is 0 Å². The van der Waals surface area contributed by atoms with Crippen molar-refractivity contribution in [2.24, 2.45) is 0 Å². The number of rotatable bonds is 8. The molecule has 1 saturated heterocycles. The SMILES string of the molecule is COc1ccc([C@@H](CNC(=O)COc2ccc(Cl)c(C)c2)N2CCCC2)cc1. The minimum Gasteiger partial charge on any atom is -0.497 e. The lowest BCUT2D eigenvalue weighted by molar-refractivity contribution is -0.123. The number of halogens is 1. The van der Waals surface area contributed by atoms with Crippen LogP contribution in [0.1, 0.15) is 30.0 Å². The highest BCUT2D eigenvalue weighted by Gasteiger charge is 2.24. The summed E-state index contributed by atoms with van der Waals surface area (Å²) >= 11 is 6.02. The van der Waals surface area contributed by atoms with Crippen LogP contribution in [0.15, 0.2) is 42.5 Å². The van der Waals surface area contributed by atoms with E-state index in [-0.39, 0.29) is 18.6 Å². The molecule has 1 N–H and O–H groups in total. The van der Waals surface area contributed by atoms with Gasteiger partial charge in [0, 0.05) is 11.6 Å². The molecule has 1 amide bonds. The maximum atomic E-state index is 12.3. The fourth-order valence-electron chi connectivity index (χ4n) is 3.45. The molecule has 0 aliphatic carbocycles. The Bertz CT molecular complexity index is 789. The molecular weight excluding hydrogens is 376 g/mol. The van der Waals surface area contributed by atoms with Gasteiger partial charge in [-0.1, -0.05) is 23.7 Å². The number of hydrogen-bond donors (Lipinski definition) is 1. The molecule has 1 fully saturated rings. The number of likely N-dealkylation sites (tertiary alicyclic amines) is 1. The van der Waals surface area contributed by atoms with Crippen LogP contribution in [0.3, 0.4) is 0 Å². The zero-order chi connectivity index (χ0) is 19.9. The molecule has 1 atom stereocenters. The van der Waals surface area contributed by atoms with Gasteiger partial charge in [-0.05, 0) is 74.3 Å². The summed E-state index contributed by atoms with van der Waals surface area (Å²) in [6.07, 6.45) is 2.39. The predicted molar refractivity (Wildman–Crippen MR) is 111 cm³/mol. The summed E-state index contributed by atoms with van der Waals surface area (Å²) < 4.78 is 10.9. The van der Waals surface area contributed by atoms with Crippen molar-refractivity contribution in [2.45, 2.75) is 25.8 Å². The average Bonchev–Trinajstić information content (AvgIpc) is 3.24. The Morgan fingerprint density at radius 2 is 1.82 bits per heavy atom. The molecule has 2 aromatic carbocycles. The van der Waals surface area contributed by atoms with Crippen LogP contribution in [0.4, 0.5) is 0 Å². The van der Waals surface area contributed by atoms with Gasteiger partial charge in [0.05, 0.1) is 13.2 Å². The first-order valence-corrected chi connectivity index (χ1v) is 9.98. The van der Waals surface area contributed by atoms with E-state index in [0.29, 0.717) is 17.3 Å². The fourth-order valence-corrected chi connectivity index (χ4v) is 3.57. The monoisotopic (exact) mass is 402 g/mol. The maximum Gasteiger partial charge on any atom is 0.258 e. The molecule has 0 spiro atoms. The first-order chi connectivity index (χ1) is 13.6. The molecule has 0 aromatic heterocycles. The Labute approximate surface area is 171 Å². The molecule has 2 aromatic rings. The van der Waals surface area contributed by atoms with Crippen molar-refractivity contribution in [3.63, 3.8) is 0 Å². The molecular formula is C22H27ClN2O3. The molecule has 0 bridgehead atoms. The normalized spacial score (nSPS) is 15.2. The first kappa shape index (κ1) is 20.5. The van der Waals surface area contributed by atoms with Crippen molar-refractivity contribution in [1.29, 1.82) is 0 Å². The van der Waals surface area contributed by atoms with Crippen molar-refractivity contribution in [2.75, 3.05) is 33.4 Å². The lowest BCUT2D eigenvalue weighted by atomic mass is 10.1. The molecule has 6 heteroatoms. The molecule has 28 heavy (non-hydrogen) atoms. The molecule has 1 aliphatic rings. The van der Waals surface area contributed by atoms with E-state index < -0.39 is 0 Å². The third kappa shape index (κ3) is 5.40. The van der Waals surface area contributed by atoms with Gasteiger partial charge in [-0.2, -0.15) is 0 Å². The van der Waals surface area contributed by atoms with E-state index in [2.05, 4.69) is 22.3 Å². The predicted octanol–water partition coefficient (Wildman–Crippen LogP) is 3.99. The second-order valence-electron chi connectivity index (χ2n) is 7.04. The molecule has 0 saturated carbocycles. The van der Waals surface area contributed by atoms with Gasteiger partial charge in [0.25, 0.3) is 5.91 Å². The average molecular weight is 403 g/mol. The minimum absolute atomic E-state index is 0.0175. The van der Waals surface area contributed by atoms with Crippen LogP contribution in [0, 0.1) is 6.92 Å². The van der Waals surface area contributed by atoms with E-state index in [1.165, 1.54) is 18.4 Å². The van der Waals surface area contributed by atoms with Gasteiger partial charge >= 0.3 is 0 Å². The molecule has 1 heterocycles. The highest BCUT2D eigenvalue weighted by Crippen LogP contribution is 2.26. The second-order valence-corrected chi connectivity index (χ2v) is 7.44. The van der Waals surface area contributed by atoms with Crippen molar-refractivity contribution >= 4 is 17.5 Å². The van der Waals surface area contributed by atoms with Gasteiger partial charge in [-0.25, -0.2) is 0 Å². The Morgan fingerprint density at radius 1 is 1.14 bits per heavy atom. The Hall–Kier alpha value is -2.24. The van der Waals surface area contributed by atoms with Crippen LogP contribution >= 0.6 is 11.6 Å². The number of nitrogens with zero attached hydrogens (tertiary/aromatic N) is 1. The first-order valence-electron chi connectivity index (χ1n) is 9.60. The molecule has 1 aliphatic heterocycles. The van der Waals surface area contributed by atoms with E-state index in [0.717, 1.165) is 24.4 Å². The van der Waals surface area contributed by atoms with Crippen molar-refractivity contribution in [3.8, 4) is 11.5 Å². The van der Waals surface area contributed by atoms with Crippen LogP contribution in [0.25, 0.3) is 0 Å². The number of ether oxygens (including phenoxy) is 2. The second kappa shape index (κ2) is 9.80. The standard InChI is InChI=1S/C22H27ClN2O3/c1-16-13-19(9-10-20(16)23)28-15-22(26)24-14-21(25-11-3-4-12-25)17-5-7-18(27-2)8-6-17/h5-10,13,21H,3-4,11-12,14-15H2,1-2H3,(H,24,26)/t21-/m1/s1. The number of benzene rings is 2. The van der Waals surface area contributed by atoms with Crippen molar-refractivity contribution in [1.82, 2.24) is 10.2 Å². The van der Waals surface area contributed by atoms with Gasteiger partial charge in [0.1, 0.15) is 11.5 Å². The summed E-state index contributed by atoms with van der Waals surface area (Å²) in [5, 5.41) is 3.71. The van der Waals surface area contributed by atoms with Crippen LogP contribution in [-0.2, 0) is 4.79 Å². The summed E-state index contributed by atoms with van der Waals surface area (Å²) in [6.45, 7) is 4.54. The Morgan fingerprint density at radius 3 is 2.46 bits per heavy atom. The zero-order valence-electron chi connectivity index (χ0n) is 16.4. The third-order valence-corrected chi connectivity index (χ3v) is 5.50. The number of aryl methyl sites for hydroxylation is 1. The smallest absolute Gasteiger partial charge is 0.258 e. The van der Waals surface area contributed by atoms with E-state index in [1.54, 1.807) is 19.2 Å². The number of hydrogen-bond acceptors (Lipinski definition) is 4. The number of carbonyl (C=O) groups is 1. The summed E-state index contributed by atoms with van der Waals surface area (Å²) in [5.74, 6) is 1.34. The van der Waals surface area contributed by atoms with Crippen LogP contribution < -0.4 is 14.8 Å². The summed E-state index contributed by atoms with van der Waals surface area (Å²) in [6, 6.07) is 13.6. The molecule has 150 valence electrons. The number of nitrogens with one attached hydrogen (secondary N) is 1. The van der Waals surface area contributed by atoms with E-state index >= 15 is 0 Å². The van der Waals surface area contributed by atoms with Crippen LogP contribution in [-0.4, -0.2) is 44.2 Å². The summed E-state index contributed by atoms with van der Waals surface area (Å²) in [4.78, 5) is 14.7. The molecule has 0 unspecified atom stereocenters. The Balaban J connectivity index is 1.57. The topological polar surface area (TPSA) is 50.8 Å². The van der Waals surface area contributed by atoms with Gasteiger partial charge in [0.15, 0.2) is 6.61 Å². The van der Waals surface area contributed by atoms with Gasteiger partial charge in [0.2, 0.25) is 0 Å². The summed E-state index contributed by atoms with van der Waals surface area (Å²) in [7, 11) is 1.66. The largest absolute Gasteiger partial charge is 0.497 e. The van der Waals surface area contributed by atoms with Crippen LogP contribution in [0.2, 0.25) is 5.02 Å². The highest BCUT2D eigenvalue weighted by molar-refractivity contribution is 6.31. The summed E-state index contributed by atoms with van der Waals surface area (Å²) in [5.41, 5.74) is 2.10. The highest BCUT2D eigenvalue weighted by atomic mass is 35.5. The maximum absolute atomic E-state index is 12.3. The lowest BCUT2D eigenvalue weighted by Crippen LogP contribution is -2.38. The number of amides is 1. The number of methoxy groups -OCH3 is 1. The Kier molecular flexibility index (Phi) is 7.18. The third-order valence-electron chi connectivity index (χ3n) is 5.07. The molecule has 3 rings (SSSR count). The zero-order valence-corrected chi connectivity index (χ0v) is 17.2. The molecule has 0 radical (unpaired) electrons. The van der Waals surface area contributed by atoms with Crippen molar-refractivity contribution < 1.29 is 14.3 Å². The number of carbonyl (C=O) groups excluding carboxylic acids is 1. The quantitative estimate of drug-likeness (QED) is 0.725. The van der Waals surface area contributed by atoms with Gasteiger partial charge in [-0.3, -0.25) is 9.69 Å². The van der Waals surface area contributed by atoms with E-state index in [1.807, 2.05) is 25.1 Å². The molecule has 5 nitrogen and oxygen atoms in total. The van der Waals surface area contributed by atoms with E-state index in [9.17, 15) is 4.79 Å². The lowest BCUT2D eigenvalue weighted by Gasteiger charge is -2.28. The van der Waals surface area contributed by atoms with Crippen molar-refractivity contribution in [3.05, 3.63) is 58.6 Å². The minimum atomic E-state index is -0.134. The van der Waals surface area contributed by atoms with Crippen LogP contribution in [0.5, 0.6) is 11.5 Å². The van der Waals surface area contributed by atoms with Gasteiger partial charge < -0.3 is 14.8 Å². The van der Waals surface area contributed by atoms with E-state index in [4.69, 9.17) is 21.1 Å².